The molecular formula is C23H26N2O5. The van der Waals surface area contributed by atoms with Gasteiger partial charge in [0, 0.05) is 18.9 Å². The van der Waals surface area contributed by atoms with Crippen LogP contribution >= 0.6 is 0 Å². The van der Waals surface area contributed by atoms with E-state index < -0.39 is 18.1 Å². The number of hydrogen-bond donors (Lipinski definition) is 3. The average Bonchev–Trinajstić information content (AvgIpc) is 3.07. The Hall–Kier alpha value is -3.35. The number of carboxylic acid groups (broad SMARTS) is 1. The second-order valence-corrected chi connectivity index (χ2v) is 7.22. The first-order chi connectivity index (χ1) is 14.5. The molecule has 1 unspecified atom stereocenters. The molecule has 0 heterocycles. The molecule has 2 aromatic carbocycles. The van der Waals surface area contributed by atoms with E-state index in [1.165, 1.54) is 11.1 Å². The van der Waals surface area contributed by atoms with E-state index in [4.69, 9.17) is 9.84 Å². The first-order valence-corrected chi connectivity index (χ1v) is 10.1. The van der Waals surface area contributed by atoms with Crippen molar-refractivity contribution in [3.63, 3.8) is 0 Å². The molecule has 7 nitrogen and oxygen atoms in total. The first-order valence-electron chi connectivity index (χ1n) is 10.1. The maximum Gasteiger partial charge on any atom is 0.407 e. The molecular weight excluding hydrogens is 384 g/mol. The van der Waals surface area contributed by atoms with Gasteiger partial charge in [-0.3, -0.25) is 4.79 Å². The van der Waals surface area contributed by atoms with Gasteiger partial charge in [0.05, 0.1) is 0 Å². The van der Waals surface area contributed by atoms with Crippen LogP contribution in [0.25, 0.3) is 11.1 Å². The Kier molecular flexibility index (Phi) is 7.06. The predicted molar refractivity (Wildman–Crippen MR) is 112 cm³/mol. The van der Waals surface area contributed by atoms with Crippen molar-refractivity contribution in [2.75, 3.05) is 13.2 Å². The summed E-state index contributed by atoms with van der Waals surface area (Å²) in [6.45, 7) is 2.20. The van der Waals surface area contributed by atoms with Gasteiger partial charge in [0.2, 0.25) is 5.91 Å². The van der Waals surface area contributed by atoms with E-state index in [1.54, 1.807) is 6.92 Å². The maximum absolute atomic E-state index is 12.1. The average molecular weight is 410 g/mol. The zero-order valence-corrected chi connectivity index (χ0v) is 16.9. The summed E-state index contributed by atoms with van der Waals surface area (Å²) in [5.41, 5.74) is 4.62. The Morgan fingerprint density at radius 2 is 1.63 bits per heavy atom. The molecule has 0 aliphatic heterocycles. The number of carbonyl (C=O) groups is 3. The number of carbonyl (C=O) groups excluding carboxylic acids is 2. The lowest BCUT2D eigenvalue weighted by Gasteiger charge is -2.15. The molecule has 1 aliphatic carbocycles. The van der Waals surface area contributed by atoms with Crippen molar-refractivity contribution in [1.82, 2.24) is 10.6 Å². The van der Waals surface area contributed by atoms with E-state index in [1.807, 2.05) is 24.3 Å². The number of nitrogens with one attached hydrogen (secondary N) is 2. The third kappa shape index (κ3) is 4.97. The minimum atomic E-state index is -1.05. The van der Waals surface area contributed by atoms with Crippen LogP contribution in [0.1, 0.15) is 43.2 Å². The van der Waals surface area contributed by atoms with Crippen LogP contribution in [0.4, 0.5) is 4.79 Å². The number of hydrogen-bond acceptors (Lipinski definition) is 4. The smallest absolute Gasteiger partial charge is 0.407 e. The maximum atomic E-state index is 12.1. The molecule has 0 saturated heterocycles. The highest BCUT2D eigenvalue weighted by atomic mass is 16.5. The van der Waals surface area contributed by atoms with Gasteiger partial charge in [0.25, 0.3) is 0 Å². The number of aliphatic carboxylic acids is 1. The van der Waals surface area contributed by atoms with Crippen molar-refractivity contribution in [3.8, 4) is 11.1 Å². The zero-order valence-electron chi connectivity index (χ0n) is 16.9. The first kappa shape index (κ1) is 21.4. The molecule has 0 bridgehead atoms. The van der Waals surface area contributed by atoms with E-state index in [9.17, 15) is 14.4 Å². The van der Waals surface area contributed by atoms with Crippen LogP contribution in [-0.4, -0.2) is 42.3 Å². The lowest BCUT2D eigenvalue weighted by molar-refractivity contribution is -0.141. The van der Waals surface area contributed by atoms with Gasteiger partial charge in [0.1, 0.15) is 12.6 Å². The van der Waals surface area contributed by atoms with E-state index in [0.29, 0.717) is 12.8 Å². The Labute approximate surface area is 175 Å². The highest BCUT2D eigenvalue weighted by Crippen LogP contribution is 2.44. The zero-order chi connectivity index (χ0) is 21.5. The van der Waals surface area contributed by atoms with Crippen LogP contribution in [-0.2, 0) is 14.3 Å². The second-order valence-electron chi connectivity index (χ2n) is 7.22. The highest BCUT2D eigenvalue weighted by Gasteiger charge is 2.28. The summed E-state index contributed by atoms with van der Waals surface area (Å²) in [5.74, 6) is -1.41. The van der Waals surface area contributed by atoms with E-state index in [-0.39, 0.29) is 31.4 Å². The Bertz CT molecular complexity index is 882. The lowest BCUT2D eigenvalue weighted by Crippen LogP contribution is -2.40. The van der Waals surface area contributed by atoms with Gasteiger partial charge in [-0.2, -0.15) is 0 Å². The summed E-state index contributed by atoms with van der Waals surface area (Å²) in [6, 6.07) is 15.3. The van der Waals surface area contributed by atoms with Crippen LogP contribution < -0.4 is 10.6 Å². The van der Waals surface area contributed by atoms with Crippen LogP contribution in [0.15, 0.2) is 48.5 Å². The van der Waals surface area contributed by atoms with Crippen molar-refractivity contribution in [3.05, 3.63) is 59.7 Å². The monoisotopic (exact) mass is 410 g/mol. The third-order valence-corrected chi connectivity index (χ3v) is 5.24. The molecule has 7 heteroatoms. The Morgan fingerprint density at radius 3 is 2.20 bits per heavy atom. The van der Waals surface area contributed by atoms with Gasteiger partial charge < -0.3 is 20.5 Å². The number of fused-ring (bicyclic) bond motifs is 3. The summed E-state index contributed by atoms with van der Waals surface area (Å²) in [4.78, 5) is 34.8. The fraction of sp³-hybridized carbons (Fsp3) is 0.348. The molecule has 158 valence electrons. The van der Waals surface area contributed by atoms with Gasteiger partial charge >= 0.3 is 12.1 Å². The molecule has 1 aliphatic rings. The number of rotatable bonds is 9. The van der Waals surface area contributed by atoms with Crippen molar-refractivity contribution >= 4 is 18.0 Å². The van der Waals surface area contributed by atoms with Gasteiger partial charge in [-0.25, -0.2) is 9.59 Å². The normalized spacial score (nSPS) is 13.1. The van der Waals surface area contributed by atoms with E-state index >= 15 is 0 Å². The summed E-state index contributed by atoms with van der Waals surface area (Å²) in [7, 11) is 0. The number of amides is 2. The molecule has 30 heavy (non-hydrogen) atoms. The standard InChI is InChI=1S/C23H26N2O5/c1-2-20(22(27)28)25-21(26)12-7-13-24-23(29)30-14-19-17-10-5-3-8-15(17)16-9-4-6-11-18(16)19/h3-6,8-11,19-20H,2,7,12-14H2,1H3,(H,24,29)(H,25,26)(H,27,28). The third-order valence-electron chi connectivity index (χ3n) is 5.24. The Morgan fingerprint density at radius 1 is 1.03 bits per heavy atom. The number of carboxylic acids is 1. The number of alkyl carbamates (subject to hydrolysis) is 1. The second kappa shape index (κ2) is 9.91. The quantitative estimate of drug-likeness (QED) is 0.550. The van der Waals surface area contributed by atoms with Gasteiger partial charge in [-0.1, -0.05) is 55.5 Å². The minimum absolute atomic E-state index is 0.00377. The molecule has 2 aromatic rings. The van der Waals surface area contributed by atoms with Crippen molar-refractivity contribution in [2.45, 2.75) is 38.1 Å². The topological polar surface area (TPSA) is 105 Å². The summed E-state index contributed by atoms with van der Waals surface area (Å²) in [5, 5.41) is 14.0. The van der Waals surface area contributed by atoms with Gasteiger partial charge in [-0.15, -0.1) is 0 Å². The summed E-state index contributed by atoms with van der Waals surface area (Å²) >= 11 is 0. The van der Waals surface area contributed by atoms with Crippen LogP contribution in [0, 0.1) is 0 Å². The molecule has 0 fully saturated rings. The fourth-order valence-electron chi connectivity index (χ4n) is 3.69. The van der Waals surface area contributed by atoms with Crippen molar-refractivity contribution < 1.29 is 24.2 Å². The van der Waals surface area contributed by atoms with Crippen molar-refractivity contribution in [2.24, 2.45) is 0 Å². The van der Waals surface area contributed by atoms with E-state index in [0.717, 1.165) is 11.1 Å². The minimum Gasteiger partial charge on any atom is -0.480 e. The van der Waals surface area contributed by atoms with Crippen LogP contribution in [0.3, 0.4) is 0 Å². The molecule has 0 radical (unpaired) electrons. The molecule has 2 amide bonds. The van der Waals surface area contributed by atoms with Gasteiger partial charge in [-0.05, 0) is 35.1 Å². The molecule has 0 saturated carbocycles. The fourth-order valence-corrected chi connectivity index (χ4v) is 3.69. The van der Waals surface area contributed by atoms with E-state index in [2.05, 4.69) is 34.9 Å². The lowest BCUT2D eigenvalue weighted by atomic mass is 9.98. The van der Waals surface area contributed by atoms with Gasteiger partial charge in [0.15, 0.2) is 0 Å². The predicted octanol–water partition coefficient (Wildman–Crippen LogP) is 3.28. The highest BCUT2D eigenvalue weighted by molar-refractivity contribution is 5.83. The van der Waals surface area contributed by atoms with Crippen LogP contribution in [0.5, 0.6) is 0 Å². The number of benzene rings is 2. The largest absolute Gasteiger partial charge is 0.480 e. The molecule has 3 N–H and O–H groups in total. The SMILES string of the molecule is CCC(NC(=O)CCCNC(=O)OCC1c2ccccc2-c2ccccc21)C(=O)O. The summed E-state index contributed by atoms with van der Waals surface area (Å²) < 4.78 is 5.43. The molecule has 0 aromatic heterocycles. The molecule has 0 spiro atoms. The number of ether oxygens (including phenoxy) is 1. The van der Waals surface area contributed by atoms with Crippen molar-refractivity contribution in [1.29, 1.82) is 0 Å². The molecule has 1 atom stereocenters. The van der Waals surface area contributed by atoms with Crippen LogP contribution in [0.2, 0.25) is 0 Å². The molecule has 3 rings (SSSR count). The Balaban J connectivity index is 1.44. The summed E-state index contributed by atoms with van der Waals surface area (Å²) in [6.07, 6.45) is 0.313.